The van der Waals surface area contributed by atoms with Crippen molar-refractivity contribution in [3.05, 3.63) is 78.9 Å². The topological polar surface area (TPSA) is 29.5 Å². The SMILES string of the molecule is CC(C)(O)C(C)(C)OBc1ccc2cccc3c2c1-c1cccc(-c2ccccc2)c1-3. The van der Waals surface area contributed by atoms with Gasteiger partial charge in [-0.1, -0.05) is 78.9 Å². The summed E-state index contributed by atoms with van der Waals surface area (Å²) in [6, 6.07) is 28.1. The first-order chi connectivity index (χ1) is 14.8. The summed E-state index contributed by atoms with van der Waals surface area (Å²) in [5.74, 6) is 0. The third-order valence-corrected chi connectivity index (χ3v) is 6.88. The van der Waals surface area contributed by atoms with Crippen LogP contribution in [0.2, 0.25) is 0 Å². The lowest BCUT2D eigenvalue weighted by atomic mass is 9.78. The summed E-state index contributed by atoms with van der Waals surface area (Å²) in [6.45, 7) is 7.48. The molecule has 0 fully saturated rings. The smallest absolute Gasteiger partial charge is 0.310 e. The van der Waals surface area contributed by atoms with Gasteiger partial charge in [0.1, 0.15) is 0 Å². The molecule has 1 N–H and O–H groups in total. The molecule has 0 amide bonds. The minimum Gasteiger partial charge on any atom is -0.427 e. The van der Waals surface area contributed by atoms with Crippen molar-refractivity contribution >= 4 is 23.7 Å². The van der Waals surface area contributed by atoms with Crippen LogP contribution < -0.4 is 5.46 Å². The number of fused-ring (bicyclic) bond motifs is 3. The van der Waals surface area contributed by atoms with Crippen molar-refractivity contribution in [3.63, 3.8) is 0 Å². The number of hydrogen-bond acceptors (Lipinski definition) is 2. The van der Waals surface area contributed by atoms with Gasteiger partial charge in [-0.3, -0.25) is 0 Å². The van der Waals surface area contributed by atoms with E-state index in [-0.39, 0.29) is 0 Å². The van der Waals surface area contributed by atoms with Crippen LogP contribution in [0.25, 0.3) is 44.2 Å². The second-order valence-electron chi connectivity index (χ2n) is 9.46. The maximum Gasteiger partial charge on any atom is 0.310 e. The normalized spacial score (nSPS) is 12.8. The Labute approximate surface area is 184 Å². The van der Waals surface area contributed by atoms with E-state index < -0.39 is 11.2 Å². The lowest BCUT2D eigenvalue weighted by Gasteiger charge is -2.37. The fourth-order valence-electron chi connectivity index (χ4n) is 4.40. The lowest BCUT2D eigenvalue weighted by molar-refractivity contribution is -0.0893. The van der Waals surface area contributed by atoms with Crippen LogP contribution >= 0.6 is 0 Å². The largest absolute Gasteiger partial charge is 0.427 e. The summed E-state index contributed by atoms with van der Waals surface area (Å²) in [5, 5.41) is 13.1. The molecule has 5 rings (SSSR count). The van der Waals surface area contributed by atoms with Crippen molar-refractivity contribution in [1.82, 2.24) is 0 Å². The first kappa shape index (κ1) is 20.1. The molecule has 0 aromatic heterocycles. The van der Waals surface area contributed by atoms with Gasteiger partial charge in [0, 0.05) is 0 Å². The average molecular weight is 406 g/mol. The van der Waals surface area contributed by atoms with Gasteiger partial charge in [0.05, 0.1) is 11.2 Å². The Morgan fingerprint density at radius 3 is 2.10 bits per heavy atom. The highest BCUT2D eigenvalue weighted by Gasteiger charge is 2.36. The molecule has 0 spiro atoms. The Kier molecular flexibility index (Phi) is 4.58. The molecule has 1 aliphatic rings. The van der Waals surface area contributed by atoms with Crippen LogP contribution in [0.15, 0.2) is 78.9 Å². The Morgan fingerprint density at radius 1 is 0.677 bits per heavy atom. The predicted octanol–water partition coefficient (Wildman–Crippen LogP) is 5.70. The van der Waals surface area contributed by atoms with E-state index in [0.717, 1.165) is 5.46 Å². The molecule has 4 aromatic carbocycles. The fourth-order valence-corrected chi connectivity index (χ4v) is 4.40. The van der Waals surface area contributed by atoms with E-state index >= 15 is 0 Å². The van der Waals surface area contributed by atoms with Gasteiger partial charge in [-0.2, -0.15) is 0 Å². The Bertz CT molecular complexity index is 1280. The van der Waals surface area contributed by atoms with Crippen molar-refractivity contribution < 1.29 is 9.76 Å². The summed E-state index contributed by atoms with van der Waals surface area (Å²) >= 11 is 0. The predicted molar refractivity (Wildman–Crippen MR) is 132 cm³/mol. The van der Waals surface area contributed by atoms with Crippen LogP contribution in [0.4, 0.5) is 0 Å². The molecule has 0 saturated heterocycles. The monoisotopic (exact) mass is 406 g/mol. The van der Waals surface area contributed by atoms with Gasteiger partial charge in [0.2, 0.25) is 0 Å². The fraction of sp³-hybridized carbons (Fsp3) is 0.214. The van der Waals surface area contributed by atoms with Crippen molar-refractivity contribution in [2.24, 2.45) is 0 Å². The summed E-state index contributed by atoms with van der Waals surface area (Å²) in [4.78, 5) is 0. The molecule has 0 atom stereocenters. The molecule has 154 valence electrons. The second-order valence-corrected chi connectivity index (χ2v) is 9.46. The molecule has 0 unspecified atom stereocenters. The van der Waals surface area contributed by atoms with E-state index in [1.807, 2.05) is 13.8 Å². The van der Waals surface area contributed by atoms with Crippen molar-refractivity contribution in [2.45, 2.75) is 38.9 Å². The summed E-state index contributed by atoms with van der Waals surface area (Å²) < 4.78 is 6.27. The highest BCUT2D eigenvalue weighted by Crippen LogP contribution is 2.50. The van der Waals surface area contributed by atoms with Crippen LogP contribution in [0, 0.1) is 0 Å². The molecule has 0 bridgehead atoms. The van der Waals surface area contributed by atoms with Crippen molar-refractivity contribution in [3.8, 4) is 33.4 Å². The third-order valence-electron chi connectivity index (χ3n) is 6.88. The number of aliphatic hydroxyl groups is 1. The van der Waals surface area contributed by atoms with E-state index in [4.69, 9.17) is 4.65 Å². The highest BCUT2D eigenvalue weighted by molar-refractivity contribution is 6.51. The molecule has 0 saturated carbocycles. The zero-order valence-corrected chi connectivity index (χ0v) is 18.6. The molecular formula is C28H27BO2. The first-order valence-corrected chi connectivity index (χ1v) is 10.9. The van der Waals surface area contributed by atoms with Gasteiger partial charge in [-0.05, 0) is 77.3 Å². The highest BCUT2D eigenvalue weighted by atomic mass is 16.5. The Hall–Kier alpha value is -2.88. The number of hydrogen-bond donors (Lipinski definition) is 1. The number of benzene rings is 4. The van der Waals surface area contributed by atoms with Crippen LogP contribution in [0.3, 0.4) is 0 Å². The van der Waals surface area contributed by atoms with E-state index in [2.05, 4.69) is 78.9 Å². The minimum atomic E-state index is -0.937. The van der Waals surface area contributed by atoms with Gasteiger partial charge in [0.25, 0.3) is 0 Å². The Balaban J connectivity index is 1.69. The number of rotatable bonds is 5. The third kappa shape index (κ3) is 3.20. The molecular weight excluding hydrogens is 379 g/mol. The second kappa shape index (κ2) is 7.08. The van der Waals surface area contributed by atoms with Gasteiger partial charge >= 0.3 is 7.48 Å². The van der Waals surface area contributed by atoms with Crippen LogP contribution in [0.5, 0.6) is 0 Å². The molecule has 2 nitrogen and oxygen atoms in total. The molecule has 0 heterocycles. The minimum absolute atomic E-state index is 0.450. The van der Waals surface area contributed by atoms with Gasteiger partial charge in [-0.15, -0.1) is 0 Å². The van der Waals surface area contributed by atoms with E-state index in [1.54, 1.807) is 13.8 Å². The van der Waals surface area contributed by atoms with E-state index in [0.29, 0.717) is 7.48 Å². The molecule has 4 aromatic rings. The Morgan fingerprint density at radius 2 is 1.35 bits per heavy atom. The quantitative estimate of drug-likeness (QED) is 0.380. The maximum absolute atomic E-state index is 10.5. The molecule has 0 aliphatic heterocycles. The van der Waals surface area contributed by atoms with Gasteiger partial charge in [0.15, 0.2) is 0 Å². The molecule has 1 aliphatic carbocycles. The van der Waals surface area contributed by atoms with Crippen molar-refractivity contribution in [1.29, 1.82) is 0 Å². The summed E-state index contributed by atoms with van der Waals surface area (Å²) in [6.07, 6.45) is 0. The van der Waals surface area contributed by atoms with E-state index in [9.17, 15) is 5.11 Å². The first-order valence-electron chi connectivity index (χ1n) is 10.9. The van der Waals surface area contributed by atoms with Crippen LogP contribution in [-0.4, -0.2) is 23.8 Å². The van der Waals surface area contributed by atoms with Crippen molar-refractivity contribution in [2.75, 3.05) is 0 Å². The summed E-state index contributed by atoms with van der Waals surface area (Å²) in [7, 11) is 0.450. The molecule has 31 heavy (non-hydrogen) atoms. The van der Waals surface area contributed by atoms with E-state index in [1.165, 1.54) is 44.2 Å². The standard InChI is InChI=1S/C28H27BO2/c1-27(2,30)28(3,4)31-29-23-17-16-19-12-8-14-21-24(19)26(23)22-15-9-13-20(25(21)22)18-10-6-5-7-11-18/h5-17,29-30H,1-4H3. The van der Waals surface area contributed by atoms with Crippen LogP contribution in [-0.2, 0) is 4.65 Å². The zero-order chi connectivity index (χ0) is 21.8. The lowest BCUT2D eigenvalue weighted by Crippen LogP contribution is -2.49. The zero-order valence-electron chi connectivity index (χ0n) is 18.6. The molecule has 0 radical (unpaired) electrons. The summed E-state index contributed by atoms with van der Waals surface area (Å²) in [5.41, 5.74) is 7.13. The average Bonchev–Trinajstić information content (AvgIpc) is 3.10. The van der Waals surface area contributed by atoms with Crippen LogP contribution in [0.1, 0.15) is 27.7 Å². The maximum atomic E-state index is 10.5. The van der Waals surface area contributed by atoms with Gasteiger partial charge < -0.3 is 9.76 Å². The molecule has 3 heteroatoms. The van der Waals surface area contributed by atoms with Gasteiger partial charge in [-0.25, -0.2) is 0 Å².